The first kappa shape index (κ1) is 16.4. The Morgan fingerprint density at radius 2 is 2.14 bits per heavy atom. The van der Waals surface area contributed by atoms with E-state index in [1.807, 2.05) is 12.1 Å². The van der Waals surface area contributed by atoms with Crippen molar-refractivity contribution in [3.8, 4) is 0 Å². The number of halogens is 1. The molecule has 1 heterocycles. The van der Waals surface area contributed by atoms with Crippen LogP contribution in [0, 0.1) is 5.82 Å². The van der Waals surface area contributed by atoms with Gasteiger partial charge in [-0.15, -0.1) is 0 Å². The maximum atomic E-state index is 13.6. The number of nitrogens with zero attached hydrogens (tertiary/aromatic N) is 1. The normalized spacial score (nSPS) is 21.4. The second-order valence-corrected chi connectivity index (χ2v) is 6.39. The summed E-state index contributed by atoms with van der Waals surface area (Å²) >= 11 is 0. The van der Waals surface area contributed by atoms with Crippen LogP contribution in [0.25, 0.3) is 0 Å². The molecular weight excluding hydrogens is 263 g/mol. The summed E-state index contributed by atoms with van der Waals surface area (Å²) in [5, 5.41) is 3.52. The molecule has 1 aromatic carbocycles. The van der Waals surface area contributed by atoms with Crippen molar-refractivity contribution in [2.45, 2.75) is 58.0 Å². The molecular formula is C18H29FN2. The molecule has 2 nitrogen and oxygen atoms in total. The van der Waals surface area contributed by atoms with Crippen molar-refractivity contribution in [2.75, 3.05) is 19.6 Å². The molecule has 1 N–H and O–H groups in total. The van der Waals surface area contributed by atoms with Crippen LogP contribution in [-0.2, 0) is 6.42 Å². The van der Waals surface area contributed by atoms with Gasteiger partial charge in [-0.05, 0) is 70.8 Å². The molecule has 0 aromatic heterocycles. The van der Waals surface area contributed by atoms with Crippen molar-refractivity contribution in [1.29, 1.82) is 0 Å². The van der Waals surface area contributed by atoms with Gasteiger partial charge in [0.15, 0.2) is 0 Å². The van der Waals surface area contributed by atoms with Gasteiger partial charge in [-0.25, -0.2) is 4.39 Å². The molecule has 2 rings (SSSR count). The van der Waals surface area contributed by atoms with Crippen LogP contribution in [0.4, 0.5) is 4.39 Å². The zero-order chi connectivity index (χ0) is 15.1. The standard InChI is InChI=1S/C18H29FN2/c1-15(14-17-9-3-4-10-18(17)19)20-11-7-13-21-12-6-5-8-16(21)2/h3-4,9-10,15-16,20H,5-8,11-14H2,1-2H3. The Morgan fingerprint density at radius 3 is 2.90 bits per heavy atom. The number of piperidine rings is 1. The third kappa shape index (κ3) is 5.40. The molecule has 0 radical (unpaired) electrons. The minimum atomic E-state index is -0.0895. The van der Waals surface area contributed by atoms with Gasteiger partial charge in [-0.3, -0.25) is 0 Å². The van der Waals surface area contributed by atoms with Crippen LogP contribution >= 0.6 is 0 Å². The molecule has 1 aliphatic heterocycles. The Labute approximate surface area is 128 Å². The van der Waals surface area contributed by atoms with Gasteiger partial charge in [0.05, 0.1) is 0 Å². The Bertz CT molecular complexity index is 421. The highest BCUT2D eigenvalue weighted by molar-refractivity contribution is 5.18. The molecule has 1 saturated heterocycles. The fourth-order valence-corrected chi connectivity index (χ4v) is 3.19. The molecule has 21 heavy (non-hydrogen) atoms. The van der Waals surface area contributed by atoms with E-state index in [9.17, 15) is 4.39 Å². The highest BCUT2D eigenvalue weighted by Gasteiger charge is 2.17. The smallest absolute Gasteiger partial charge is 0.126 e. The molecule has 1 fully saturated rings. The van der Waals surface area contributed by atoms with E-state index in [1.54, 1.807) is 12.1 Å². The quantitative estimate of drug-likeness (QED) is 0.772. The second-order valence-electron chi connectivity index (χ2n) is 6.39. The summed E-state index contributed by atoms with van der Waals surface area (Å²) in [7, 11) is 0. The molecule has 0 saturated carbocycles. The first-order valence-corrected chi connectivity index (χ1v) is 8.37. The van der Waals surface area contributed by atoms with E-state index in [0.717, 1.165) is 24.6 Å². The summed E-state index contributed by atoms with van der Waals surface area (Å²) in [6, 6.07) is 8.14. The summed E-state index contributed by atoms with van der Waals surface area (Å²) in [5.41, 5.74) is 0.808. The van der Waals surface area contributed by atoms with Crippen molar-refractivity contribution in [3.63, 3.8) is 0 Å². The molecule has 0 aliphatic carbocycles. The fourth-order valence-electron chi connectivity index (χ4n) is 3.19. The molecule has 2 unspecified atom stereocenters. The minimum Gasteiger partial charge on any atom is -0.314 e. The number of benzene rings is 1. The van der Waals surface area contributed by atoms with E-state index in [0.29, 0.717) is 6.04 Å². The molecule has 0 spiro atoms. The zero-order valence-corrected chi connectivity index (χ0v) is 13.4. The average molecular weight is 292 g/mol. The summed E-state index contributed by atoms with van der Waals surface area (Å²) in [6.07, 6.45) is 6.01. The lowest BCUT2D eigenvalue weighted by atomic mass is 10.0. The molecule has 3 heteroatoms. The summed E-state index contributed by atoms with van der Waals surface area (Å²) in [4.78, 5) is 2.60. The first-order valence-electron chi connectivity index (χ1n) is 8.37. The fraction of sp³-hybridized carbons (Fsp3) is 0.667. The van der Waals surface area contributed by atoms with Crippen LogP contribution < -0.4 is 5.32 Å². The predicted molar refractivity (Wildman–Crippen MR) is 87.1 cm³/mol. The molecule has 1 aromatic rings. The maximum Gasteiger partial charge on any atom is 0.126 e. The highest BCUT2D eigenvalue weighted by Crippen LogP contribution is 2.16. The Morgan fingerprint density at radius 1 is 1.33 bits per heavy atom. The Balaban J connectivity index is 1.63. The SMILES string of the molecule is CC(Cc1ccccc1F)NCCCN1CCCCC1C. The van der Waals surface area contributed by atoms with E-state index in [2.05, 4.69) is 24.1 Å². The van der Waals surface area contributed by atoms with Gasteiger partial charge in [0.1, 0.15) is 5.82 Å². The van der Waals surface area contributed by atoms with Crippen LogP contribution in [0.5, 0.6) is 0 Å². The van der Waals surface area contributed by atoms with E-state index < -0.39 is 0 Å². The molecule has 1 aliphatic rings. The number of hydrogen-bond donors (Lipinski definition) is 1. The molecule has 118 valence electrons. The third-order valence-corrected chi connectivity index (χ3v) is 4.54. The van der Waals surface area contributed by atoms with E-state index in [4.69, 9.17) is 0 Å². The van der Waals surface area contributed by atoms with E-state index in [1.165, 1.54) is 38.8 Å². The van der Waals surface area contributed by atoms with Gasteiger partial charge in [-0.1, -0.05) is 24.6 Å². The summed E-state index contributed by atoms with van der Waals surface area (Å²) in [6.45, 7) is 7.93. The van der Waals surface area contributed by atoms with Crippen LogP contribution in [0.1, 0.15) is 45.1 Å². The molecule has 0 bridgehead atoms. The van der Waals surface area contributed by atoms with Gasteiger partial charge in [0.2, 0.25) is 0 Å². The lowest BCUT2D eigenvalue weighted by molar-refractivity contribution is 0.158. The highest BCUT2D eigenvalue weighted by atomic mass is 19.1. The first-order chi connectivity index (χ1) is 10.2. The van der Waals surface area contributed by atoms with Crippen molar-refractivity contribution in [2.24, 2.45) is 0 Å². The molecule has 0 amide bonds. The topological polar surface area (TPSA) is 15.3 Å². The molecule has 2 atom stereocenters. The van der Waals surface area contributed by atoms with Crippen LogP contribution in [0.15, 0.2) is 24.3 Å². The van der Waals surface area contributed by atoms with Crippen LogP contribution in [-0.4, -0.2) is 36.6 Å². The number of hydrogen-bond acceptors (Lipinski definition) is 2. The van der Waals surface area contributed by atoms with Gasteiger partial charge >= 0.3 is 0 Å². The number of rotatable bonds is 7. The third-order valence-electron chi connectivity index (χ3n) is 4.54. The lowest BCUT2D eigenvalue weighted by Crippen LogP contribution is -2.39. The monoisotopic (exact) mass is 292 g/mol. The summed E-state index contributed by atoms with van der Waals surface area (Å²) < 4.78 is 13.6. The van der Waals surface area contributed by atoms with Gasteiger partial charge in [0.25, 0.3) is 0 Å². The van der Waals surface area contributed by atoms with E-state index in [-0.39, 0.29) is 5.82 Å². The van der Waals surface area contributed by atoms with Crippen LogP contribution in [0.3, 0.4) is 0 Å². The zero-order valence-electron chi connectivity index (χ0n) is 13.4. The summed E-state index contributed by atoms with van der Waals surface area (Å²) in [5.74, 6) is -0.0895. The number of likely N-dealkylation sites (tertiary alicyclic amines) is 1. The van der Waals surface area contributed by atoms with Gasteiger partial charge in [0, 0.05) is 12.1 Å². The number of nitrogens with one attached hydrogen (secondary N) is 1. The maximum absolute atomic E-state index is 13.6. The Kier molecular flexibility index (Phi) is 6.65. The largest absolute Gasteiger partial charge is 0.314 e. The van der Waals surface area contributed by atoms with Crippen LogP contribution in [0.2, 0.25) is 0 Å². The van der Waals surface area contributed by atoms with E-state index >= 15 is 0 Å². The lowest BCUT2D eigenvalue weighted by Gasteiger charge is -2.33. The van der Waals surface area contributed by atoms with Crippen molar-refractivity contribution >= 4 is 0 Å². The minimum absolute atomic E-state index is 0.0895. The Hall–Kier alpha value is -0.930. The van der Waals surface area contributed by atoms with Crippen molar-refractivity contribution in [3.05, 3.63) is 35.6 Å². The average Bonchev–Trinajstić information content (AvgIpc) is 2.48. The van der Waals surface area contributed by atoms with Gasteiger partial charge < -0.3 is 10.2 Å². The second kappa shape index (κ2) is 8.50. The predicted octanol–water partition coefficient (Wildman–Crippen LogP) is 3.61. The van der Waals surface area contributed by atoms with Crippen molar-refractivity contribution in [1.82, 2.24) is 10.2 Å². The van der Waals surface area contributed by atoms with Crippen molar-refractivity contribution < 1.29 is 4.39 Å². The van der Waals surface area contributed by atoms with Gasteiger partial charge in [-0.2, -0.15) is 0 Å².